The number of benzene rings is 1. The summed E-state index contributed by atoms with van der Waals surface area (Å²) in [6.07, 6.45) is 0.511. The molecule has 2 N–H and O–H groups in total. The van der Waals surface area contributed by atoms with Crippen LogP contribution in [0.25, 0.3) is 0 Å². The lowest BCUT2D eigenvalue weighted by atomic mass is 9.99. The first-order valence-electron chi connectivity index (χ1n) is 4.62. The van der Waals surface area contributed by atoms with Crippen molar-refractivity contribution in [3.8, 4) is 0 Å². The van der Waals surface area contributed by atoms with E-state index in [9.17, 15) is 4.39 Å². The molecule has 0 saturated heterocycles. The van der Waals surface area contributed by atoms with E-state index in [0.29, 0.717) is 18.9 Å². The minimum Gasteiger partial charge on any atom is -0.330 e. The van der Waals surface area contributed by atoms with Gasteiger partial charge < -0.3 is 5.73 Å². The summed E-state index contributed by atoms with van der Waals surface area (Å²) in [6, 6.07) is 8.01. The van der Waals surface area contributed by atoms with Gasteiger partial charge in [0.05, 0.1) is 6.67 Å². The van der Waals surface area contributed by atoms with Crippen molar-refractivity contribution in [2.45, 2.75) is 19.3 Å². The van der Waals surface area contributed by atoms with E-state index in [-0.39, 0.29) is 6.67 Å². The molecule has 1 aromatic rings. The molecule has 1 nitrogen and oxygen atoms in total. The normalized spacial score (nSPS) is 12.8. The first-order chi connectivity index (χ1) is 6.27. The lowest BCUT2D eigenvalue weighted by Crippen LogP contribution is -2.08. The summed E-state index contributed by atoms with van der Waals surface area (Å²) in [5, 5.41) is 0. The van der Waals surface area contributed by atoms with E-state index in [1.54, 1.807) is 0 Å². The zero-order valence-electron chi connectivity index (χ0n) is 7.96. The number of alkyl halides is 1. The van der Waals surface area contributed by atoms with Gasteiger partial charge in [-0.15, -0.1) is 0 Å². The van der Waals surface area contributed by atoms with Crippen LogP contribution in [-0.4, -0.2) is 13.2 Å². The van der Waals surface area contributed by atoms with Crippen molar-refractivity contribution in [2.24, 2.45) is 5.73 Å². The van der Waals surface area contributed by atoms with Gasteiger partial charge in [-0.1, -0.05) is 31.2 Å². The van der Waals surface area contributed by atoms with Crippen LogP contribution in [-0.2, 0) is 6.42 Å². The molecule has 0 aliphatic carbocycles. The molecule has 0 spiro atoms. The van der Waals surface area contributed by atoms with E-state index in [1.165, 1.54) is 5.56 Å². The maximum Gasteiger partial charge on any atom is 0.0934 e. The molecule has 0 bridgehead atoms. The molecule has 0 heterocycles. The van der Waals surface area contributed by atoms with Crippen LogP contribution >= 0.6 is 0 Å². The number of rotatable bonds is 4. The fraction of sp³-hybridized carbons (Fsp3) is 0.455. The van der Waals surface area contributed by atoms with Crippen LogP contribution in [0.2, 0.25) is 0 Å². The van der Waals surface area contributed by atoms with Gasteiger partial charge in [-0.3, -0.25) is 4.39 Å². The molecule has 0 radical (unpaired) electrons. The number of hydrogen-bond donors (Lipinski definition) is 1. The smallest absolute Gasteiger partial charge is 0.0934 e. The Morgan fingerprint density at radius 2 is 1.92 bits per heavy atom. The zero-order valence-corrected chi connectivity index (χ0v) is 7.96. The molecule has 0 aromatic heterocycles. The van der Waals surface area contributed by atoms with E-state index in [1.807, 2.05) is 24.3 Å². The third kappa shape index (κ3) is 2.81. The largest absolute Gasteiger partial charge is 0.330 e. The first kappa shape index (κ1) is 10.2. The Morgan fingerprint density at radius 1 is 1.31 bits per heavy atom. The molecule has 2 heteroatoms. The van der Waals surface area contributed by atoms with Crippen LogP contribution in [0.1, 0.15) is 24.0 Å². The molecule has 72 valence electrons. The van der Waals surface area contributed by atoms with Gasteiger partial charge in [-0.25, -0.2) is 0 Å². The standard InChI is InChI=1S/C11H16FN/c1-9(8-13)11-4-2-10(3-5-11)6-7-12/h2-5,9H,6-8,13H2,1H3. The monoisotopic (exact) mass is 181 g/mol. The van der Waals surface area contributed by atoms with Crippen LogP contribution in [0.4, 0.5) is 4.39 Å². The minimum atomic E-state index is -0.286. The molecule has 0 aliphatic rings. The summed E-state index contributed by atoms with van der Waals surface area (Å²) in [5.74, 6) is 0.388. The molecule has 1 atom stereocenters. The number of halogens is 1. The van der Waals surface area contributed by atoms with E-state index in [0.717, 1.165) is 5.56 Å². The van der Waals surface area contributed by atoms with Gasteiger partial charge in [0, 0.05) is 6.42 Å². The van der Waals surface area contributed by atoms with Crippen LogP contribution in [0.5, 0.6) is 0 Å². The molecule has 1 aromatic carbocycles. The van der Waals surface area contributed by atoms with Gasteiger partial charge in [0.1, 0.15) is 0 Å². The average molecular weight is 181 g/mol. The maximum atomic E-state index is 12.0. The van der Waals surface area contributed by atoms with Crippen LogP contribution < -0.4 is 5.73 Å². The third-order valence-corrected chi connectivity index (χ3v) is 2.29. The predicted octanol–water partition coefficient (Wildman–Crippen LogP) is 2.26. The summed E-state index contributed by atoms with van der Waals surface area (Å²) in [7, 11) is 0. The molecule has 0 aliphatic heterocycles. The predicted molar refractivity (Wildman–Crippen MR) is 53.6 cm³/mol. The van der Waals surface area contributed by atoms with Crippen molar-refractivity contribution in [3.05, 3.63) is 35.4 Å². The van der Waals surface area contributed by atoms with Crippen molar-refractivity contribution in [3.63, 3.8) is 0 Å². The molecule has 0 saturated carbocycles. The molecule has 13 heavy (non-hydrogen) atoms. The van der Waals surface area contributed by atoms with Gasteiger partial charge in [0.15, 0.2) is 0 Å². The Labute approximate surface area is 78.8 Å². The van der Waals surface area contributed by atoms with Gasteiger partial charge in [0.2, 0.25) is 0 Å². The Hall–Kier alpha value is -0.890. The molecule has 1 rings (SSSR count). The Kier molecular flexibility index (Phi) is 3.90. The lowest BCUT2D eigenvalue weighted by Gasteiger charge is -2.08. The average Bonchev–Trinajstić information content (AvgIpc) is 2.18. The zero-order chi connectivity index (χ0) is 9.68. The summed E-state index contributed by atoms with van der Waals surface area (Å²) in [5.41, 5.74) is 7.82. The summed E-state index contributed by atoms with van der Waals surface area (Å²) < 4.78 is 12.0. The van der Waals surface area contributed by atoms with Gasteiger partial charge >= 0.3 is 0 Å². The topological polar surface area (TPSA) is 26.0 Å². The Morgan fingerprint density at radius 3 is 2.38 bits per heavy atom. The van der Waals surface area contributed by atoms with E-state index >= 15 is 0 Å². The van der Waals surface area contributed by atoms with Crippen molar-refractivity contribution >= 4 is 0 Å². The maximum absolute atomic E-state index is 12.0. The summed E-state index contributed by atoms with van der Waals surface area (Å²) in [6.45, 7) is 2.46. The Bertz CT molecular complexity index is 243. The van der Waals surface area contributed by atoms with Gasteiger partial charge in [-0.05, 0) is 23.6 Å². The van der Waals surface area contributed by atoms with Crippen molar-refractivity contribution < 1.29 is 4.39 Å². The number of aryl methyl sites for hydroxylation is 1. The Balaban J connectivity index is 2.69. The second kappa shape index (κ2) is 4.97. The van der Waals surface area contributed by atoms with Crippen molar-refractivity contribution in [1.82, 2.24) is 0 Å². The summed E-state index contributed by atoms with van der Waals surface area (Å²) in [4.78, 5) is 0. The van der Waals surface area contributed by atoms with Gasteiger partial charge in [-0.2, -0.15) is 0 Å². The SMILES string of the molecule is CC(CN)c1ccc(CCF)cc1. The van der Waals surface area contributed by atoms with Crippen molar-refractivity contribution in [2.75, 3.05) is 13.2 Å². The molecule has 0 amide bonds. The highest BCUT2D eigenvalue weighted by Gasteiger charge is 2.01. The number of hydrogen-bond acceptors (Lipinski definition) is 1. The van der Waals surface area contributed by atoms with Crippen LogP contribution in [0, 0.1) is 0 Å². The van der Waals surface area contributed by atoms with E-state index in [4.69, 9.17) is 5.73 Å². The van der Waals surface area contributed by atoms with Gasteiger partial charge in [0.25, 0.3) is 0 Å². The number of nitrogens with two attached hydrogens (primary N) is 1. The highest BCUT2D eigenvalue weighted by atomic mass is 19.1. The molecule has 0 fully saturated rings. The third-order valence-electron chi connectivity index (χ3n) is 2.29. The lowest BCUT2D eigenvalue weighted by molar-refractivity contribution is 0.495. The highest BCUT2D eigenvalue weighted by molar-refractivity contribution is 5.25. The quantitative estimate of drug-likeness (QED) is 0.757. The molecule has 1 unspecified atom stereocenters. The summed E-state index contributed by atoms with van der Waals surface area (Å²) >= 11 is 0. The van der Waals surface area contributed by atoms with Crippen molar-refractivity contribution in [1.29, 1.82) is 0 Å². The fourth-order valence-electron chi connectivity index (χ4n) is 1.26. The van der Waals surface area contributed by atoms with Crippen LogP contribution in [0.3, 0.4) is 0 Å². The second-order valence-corrected chi connectivity index (χ2v) is 3.32. The first-order valence-corrected chi connectivity index (χ1v) is 4.62. The van der Waals surface area contributed by atoms with E-state index < -0.39 is 0 Å². The second-order valence-electron chi connectivity index (χ2n) is 3.32. The molecular formula is C11H16FN. The fourth-order valence-corrected chi connectivity index (χ4v) is 1.26. The van der Waals surface area contributed by atoms with E-state index in [2.05, 4.69) is 6.92 Å². The minimum absolute atomic E-state index is 0.286. The van der Waals surface area contributed by atoms with Crippen LogP contribution in [0.15, 0.2) is 24.3 Å². The highest BCUT2D eigenvalue weighted by Crippen LogP contribution is 2.14. The molecular weight excluding hydrogens is 165 g/mol.